The Labute approximate surface area is 190 Å². The number of rotatable bonds is 6. The highest BCUT2D eigenvalue weighted by atomic mass is 79.9. The SMILES string of the molecule is COc1cc(/C=C2/SC(=O)N(CC(=O)Nc3ccc(Cl)cc3)C2=O)cc(Br)c1OC. The number of thioether (sulfide) groups is 1. The summed E-state index contributed by atoms with van der Waals surface area (Å²) in [5.74, 6) is -0.0433. The number of hydrogen-bond donors (Lipinski definition) is 1. The van der Waals surface area contributed by atoms with Crippen molar-refractivity contribution in [1.82, 2.24) is 4.90 Å². The number of nitrogens with zero attached hydrogens (tertiary/aromatic N) is 1. The maximum Gasteiger partial charge on any atom is 0.294 e. The van der Waals surface area contributed by atoms with Crippen LogP contribution in [0.5, 0.6) is 11.5 Å². The molecule has 30 heavy (non-hydrogen) atoms. The monoisotopic (exact) mass is 510 g/mol. The van der Waals surface area contributed by atoms with E-state index in [0.717, 1.165) is 16.7 Å². The number of benzene rings is 2. The zero-order chi connectivity index (χ0) is 21.8. The summed E-state index contributed by atoms with van der Waals surface area (Å²) < 4.78 is 11.2. The number of halogens is 2. The predicted molar refractivity (Wildman–Crippen MR) is 120 cm³/mol. The summed E-state index contributed by atoms with van der Waals surface area (Å²) in [5.41, 5.74) is 1.15. The van der Waals surface area contributed by atoms with Crippen LogP contribution in [0.3, 0.4) is 0 Å². The lowest BCUT2D eigenvalue weighted by Crippen LogP contribution is -2.36. The first-order chi connectivity index (χ1) is 14.3. The zero-order valence-corrected chi connectivity index (χ0v) is 19.1. The number of hydrogen-bond acceptors (Lipinski definition) is 6. The summed E-state index contributed by atoms with van der Waals surface area (Å²) in [6.45, 7) is -0.389. The third-order valence-corrected chi connectivity index (χ3v) is 5.81. The number of anilines is 1. The Kier molecular flexibility index (Phi) is 7.06. The van der Waals surface area contributed by atoms with Crippen LogP contribution in [0, 0.1) is 0 Å². The van der Waals surface area contributed by atoms with Gasteiger partial charge in [-0.1, -0.05) is 11.6 Å². The third-order valence-electron chi connectivity index (χ3n) is 4.06. The van der Waals surface area contributed by atoms with Crippen LogP contribution in [0.1, 0.15) is 5.56 Å². The Morgan fingerprint density at radius 2 is 1.90 bits per heavy atom. The summed E-state index contributed by atoms with van der Waals surface area (Å²) in [5, 5.41) is 2.64. The summed E-state index contributed by atoms with van der Waals surface area (Å²) in [7, 11) is 3.02. The van der Waals surface area contributed by atoms with Crippen LogP contribution in [0.4, 0.5) is 10.5 Å². The predicted octanol–water partition coefficient (Wildman–Crippen LogP) is 4.79. The van der Waals surface area contributed by atoms with E-state index in [-0.39, 0.29) is 11.4 Å². The molecule has 0 saturated carbocycles. The van der Waals surface area contributed by atoms with Crippen molar-refractivity contribution in [1.29, 1.82) is 0 Å². The van der Waals surface area contributed by atoms with Gasteiger partial charge in [-0.3, -0.25) is 19.3 Å². The first kappa shape index (κ1) is 22.2. The standard InChI is InChI=1S/C20H16BrClN2O5S/c1-28-15-8-11(7-14(21)18(15)29-2)9-16-19(26)24(20(27)30-16)10-17(25)23-13-5-3-12(22)4-6-13/h3-9H,10H2,1-2H3,(H,23,25)/b16-9+. The molecule has 156 valence electrons. The van der Waals surface area contributed by atoms with Crippen molar-refractivity contribution >= 4 is 68.1 Å². The molecular weight excluding hydrogens is 496 g/mol. The molecular formula is C20H16BrClN2O5S. The fourth-order valence-electron chi connectivity index (χ4n) is 2.69. The van der Waals surface area contributed by atoms with Crippen molar-refractivity contribution in [2.24, 2.45) is 0 Å². The Morgan fingerprint density at radius 3 is 2.53 bits per heavy atom. The Balaban J connectivity index is 1.75. The van der Waals surface area contributed by atoms with E-state index in [9.17, 15) is 14.4 Å². The molecule has 3 rings (SSSR count). The van der Waals surface area contributed by atoms with Gasteiger partial charge in [0.05, 0.1) is 23.6 Å². The van der Waals surface area contributed by atoms with Gasteiger partial charge in [-0.05, 0) is 75.7 Å². The smallest absolute Gasteiger partial charge is 0.294 e. The van der Waals surface area contributed by atoms with Crippen molar-refractivity contribution in [2.75, 3.05) is 26.1 Å². The molecule has 1 saturated heterocycles. The van der Waals surface area contributed by atoms with Crippen LogP contribution in [-0.4, -0.2) is 42.7 Å². The molecule has 1 heterocycles. The van der Waals surface area contributed by atoms with Crippen LogP contribution in [0.15, 0.2) is 45.8 Å². The second kappa shape index (κ2) is 9.55. The number of carbonyl (C=O) groups excluding carboxylic acids is 3. The van der Waals surface area contributed by atoms with E-state index in [1.807, 2.05) is 0 Å². The number of nitrogens with one attached hydrogen (secondary N) is 1. The van der Waals surface area contributed by atoms with Gasteiger partial charge < -0.3 is 14.8 Å². The lowest BCUT2D eigenvalue weighted by atomic mass is 10.2. The van der Waals surface area contributed by atoms with E-state index in [2.05, 4.69) is 21.2 Å². The molecule has 0 spiro atoms. The molecule has 0 radical (unpaired) electrons. The van der Waals surface area contributed by atoms with Crippen LogP contribution in [-0.2, 0) is 9.59 Å². The Morgan fingerprint density at radius 1 is 1.20 bits per heavy atom. The van der Waals surface area contributed by atoms with E-state index in [0.29, 0.717) is 32.2 Å². The number of carbonyl (C=O) groups is 3. The molecule has 1 aliphatic rings. The van der Waals surface area contributed by atoms with Gasteiger partial charge in [0.2, 0.25) is 5.91 Å². The number of methoxy groups -OCH3 is 2. The van der Waals surface area contributed by atoms with Crippen LogP contribution >= 0.6 is 39.3 Å². The van der Waals surface area contributed by atoms with Gasteiger partial charge in [0.25, 0.3) is 11.1 Å². The Bertz CT molecular complexity index is 1040. The molecule has 10 heteroatoms. The van der Waals surface area contributed by atoms with E-state index < -0.39 is 17.1 Å². The number of amides is 3. The molecule has 1 N–H and O–H groups in total. The molecule has 1 fully saturated rings. The maximum atomic E-state index is 12.7. The van der Waals surface area contributed by atoms with Crippen molar-refractivity contribution in [3.05, 3.63) is 56.4 Å². The van der Waals surface area contributed by atoms with E-state index in [1.165, 1.54) is 14.2 Å². The number of imide groups is 1. The molecule has 7 nitrogen and oxygen atoms in total. The quantitative estimate of drug-likeness (QED) is 0.561. The van der Waals surface area contributed by atoms with Crippen molar-refractivity contribution in [3.8, 4) is 11.5 Å². The van der Waals surface area contributed by atoms with E-state index in [4.69, 9.17) is 21.1 Å². The molecule has 0 aromatic heterocycles. The van der Waals surface area contributed by atoms with Gasteiger partial charge in [0, 0.05) is 10.7 Å². The topological polar surface area (TPSA) is 84.9 Å². The molecule has 2 aromatic rings. The van der Waals surface area contributed by atoms with Gasteiger partial charge in [-0.25, -0.2) is 0 Å². The first-order valence-corrected chi connectivity index (χ1v) is 10.5. The number of ether oxygens (including phenoxy) is 2. The first-order valence-electron chi connectivity index (χ1n) is 8.54. The third kappa shape index (κ3) is 4.97. The van der Waals surface area contributed by atoms with Gasteiger partial charge in [0.1, 0.15) is 6.54 Å². The molecule has 0 aliphatic carbocycles. The Hall–Kier alpha value is -2.49. The highest BCUT2D eigenvalue weighted by Crippen LogP contribution is 2.38. The summed E-state index contributed by atoms with van der Waals surface area (Å²) in [6, 6.07) is 9.93. The fraction of sp³-hybridized carbons (Fsp3) is 0.150. The van der Waals surface area contributed by atoms with Gasteiger partial charge in [-0.2, -0.15) is 0 Å². The van der Waals surface area contributed by atoms with Crippen LogP contribution in [0.25, 0.3) is 6.08 Å². The average molecular weight is 512 g/mol. The van der Waals surface area contributed by atoms with Gasteiger partial charge in [-0.15, -0.1) is 0 Å². The van der Waals surface area contributed by atoms with Crippen LogP contribution < -0.4 is 14.8 Å². The summed E-state index contributed by atoms with van der Waals surface area (Å²) in [4.78, 5) is 38.3. The van der Waals surface area contributed by atoms with E-state index in [1.54, 1.807) is 42.5 Å². The molecule has 0 unspecified atom stereocenters. The second-order valence-corrected chi connectivity index (χ2v) is 8.35. The molecule has 0 bridgehead atoms. The lowest BCUT2D eigenvalue weighted by molar-refractivity contribution is -0.127. The maximum absolute atomic E-state index is 12.7. The fourth-order valence-corrected chi connectivity index (χ4v) is 4.27. The highest BCUT2D eigenvalue weighted by Gasteiger charge is 2.36. The van der Waals surface area contributed by atoms with Gasteiger partial charge >= 0.3 is 0 Å². The minimum atomic E-state index is -0.540. The highest BCUT2D eigenvalue weighted by molar-refractivity contribution is 9.10. The van der Waals surface area contributed by atoms with Crippen LogP contribution in [0.2, 0.25) is 5.02 Å². The molecule has 2 aromatic carbocycles. The normalized spacial score (nSPS) is 14.9. The largest absolute Gasteiger partial charge is 0.493 e. The minimum Gasteiger partial charge on any atom is -0.493 e. The second-order valence-electron chi connectivity index (χ2n) is 6.06. The molecule has 0 atom stereocenters. The van der Waals surface area contributed by atoms with Crippen molar-refractivity contribution in [2.45, 2.75) is 0 Å². The molecule has 1 aliphatic heterocycles. The zero-order valence-electron chi connectivity index (χ0n) is 15.9. The van der Waals surface area contributed by atoms with E-state index >= 15 is 0 Å². The molecule has 3 amide bonds. The van der Waals surface area contributed by atoms with Crippen molar-refractivity contribution < 1.29 is 23.9 Å². The summed E-state index contributed by atoms with van der Waals surface area (Å²) >= 11 is 9.98. The lowest BCUT2D eigenvalue weighted by Gasteiger charge is -2.12. The minimum absolute atomic E-state index is 0.207. The van der Waals surface area contributed by atoms with Gasteiger partial charge in [0.15, 0.2) is 11.5 Å². The van der Waals surface area contributed by atoms with Crippen molar-refractivity contribution in [3.63, 3.8) is 0 Å². The average Bonchev–Trinajstić information content (AvgIpc) is 2.96. The summed E-state index contributed by atoms with van der Waals surface area (Å²) in [6.07, 6.45) is 1.56.